The summed E-state index contributed by atoms with van der Waals surface area (Å²) >= 11 is 0. The van der Waals surface area contributed by atoms with Gasteiger partial charge in [0.2, 0.25) is 11.8 Å². The van der Waals surface area contributed by atoms with Crippen LogP contribution in [-0.4, -0.2) is 67.4 Å². The van der Waals surface area contributed by atoms with Gasteiger partial charge >= 0.3 is 0 Å². The molecule has 0 radical (unpaired) electrons. The molecule has 0 unspecified atom stereocenters. The number of rotatable bonds is 7. The van der Waals surface area contributed by atoms with Gasteiger partial charge in [-0.2, -0.15) is 0 Å². The smallest absolute Gasteiger partial charge is 0.241 e. The van der Waals surface area contributed by atoms with Gasteiger partial charge in [0.05, 0.1) is 12.6 Å². The van der Waals surface area contributed by atoms with E-state index in [0.29, 0.717) is 6.54 Å². The van der Waals surface area contributed by atoms with Crippen LogP contribution in [0, 0.1) is 5.92 Å². The summed E-state index contributed by atoms with van der Waals surface area (Å²) in [5.41, 5.74) is 5.85. The highest BCUT2D eigenvalue weighted by atomic mass is 16.2. The molecule has 2 amide bonds. The second-order valence-electron chi connectivity index (χ2n) is 6.71. The first-order valence-electron chi connectivity index (χ1n) is 7.64. The molecule has 1 aliphatic rings. The Bertz CT molecular complexity index is 378. The van der Waals surface area contributed by atoms with Crippen molar-refractivity contribution in [1.82, 2.24) is 15.1 Å². The third-order valence-electron chi connectivity index (χ3n) is 4.63. The van der Waals surface area contributed by atoms with Crippen molar-refractivity contribution < 1.29 is 9.59 Å². The number of amides is 2. The molecule has 0 aromatic heterocycles. The summed E-state index contributed by atoms with van der Waals surface area (Å²) in [5, 5.41) is 2.63. The van der Waals surface area contributed by atoms with Gasteiger partial charge in [-0.3, -0.25) is 9.59 Å². The summed E-state index contributed by atoms with van der Waals surface area (Å²) in [6.45, 7) is 4.48. The van der Waals surface area contributed by atoms with Crippen molar-refractivity contribution in [3.05, 3.63) is 0 Å². The van der Waals surface area contributed by atoms with Crippen LogP contribution in [0.15, 0.2) is 0 Å². The fourth-order valence-corrected chi connectivity index (χ4v) is 2.58. The zero-order chi connectivity index (χ0) is 16.2. The van der Waals surface area contributed by atoms with Gasteiger partial charge in [0, 0.05) is 19.1 Å². The van der Waals surface area contributed by atoms with Crippen molar-refractivity contribution in [2.24, 2.45) is 11.7 Å². The van der Waals surface area contributed by atoms with Crippen LogP contribution < -0.4 is 11.1 Å². The average molecular weight is 298 g/mol. The lowest BCUT2D eigenvalue weighted by Crippen LogP contribution is -2.58. The fourth-order valence-electron chi connectivity index (χ4n) is 2.58. The Morgan fingerprint density at radius 1 is 1.24 bits per heavy atom. The van der Waals surface area contributed by atoms with Crippen molar-refractivity contribution in [3.8, 4) is 0 Å². The second-order valence-corrected chi connectivity index (χ2v) is 6.71. The lowest BCUT2D eigenvalue weighted by Gasteiger charge is -2.49. The Balaban J connectivity index is 2.43. The topological polar surface area (TPSA) is 78.7 Å². The maximum Gasteiger partial charge on any atom is 0.241 e. The van der Waals surface area contributed by atoms with E-state index in [4.69, 9.17) is 5.73 Å². The van der Waals surface area contributed by atoms with Gasteiger partial charge in [-0.1, -0.05) is 13.8 Å². The molecule has 1 rings (SSSR count). The van der Waals surface area contributed by atoms with E-state index in [0.717, 1.165) is 12.8 Å². The lowest BCUT2D eigenvalue weighted by atomic mass is 9.75. The molecule has 0 aliphatic heterocycles. The molecule has 0 aromatic rings. The lowest BCUT2D eigenvalue weighted by molar-refractivity contribution is -0.134. The van der Waals surface area contributed by atoms with Gasteiger partial charge in [-0.05, 0) is 39.3 Å². The zero-order valence-electron chi connectivity index (χ0n) is 14.0. The standard InChI is InChI=1S/C15H30N4O2/c1-11(2)13(16)14(21)17-9-12(20)19(5)10-15(18(3)4)7-6-8-15/h11,13H,6-10,16H2,1-5H3,(H,17,21)/t13-/m0/s1. The van der Waals surface area contributed by atoms with E-state index >= 15 is 0 Å². The van der Waals surface area contributed by atoms with Crippen LogP contribution in [0.1, 0.15) is 33.1 Å². The summed E-state index contributed by atoms with van der Waals surface area (Å²) in [6.07, 6.45) is 3.44. The molecule has 0 spiro atoms. The van der Waals surface area contributed by atoms with E-state index in [1.54, 1.807) is 11.9 Å². The van der Waals surface area contributed by atoms with Crippen LogP contribution in [-0.2, 0) is 9.59 Å². The Hall–Kier alpha value is -1.14. The van der Waals surface area contributed by atoms with E-state index in [2.05, 4.69) is 24.3 Å². The molecule has 3 N–H and O–H groups in total. The van der Waals surface area contributed by atoms with E-state index < -0.39 is 6.04 Å². The number of nitrogens with zero attached hydrogens (tertiary/aromatic N) is 2. The molecular formula is C15H30N4O2. The molecule has 1 atom stereocenters. The predicted molar refractivity (Wildman–Crippen MR) is 83.7 cm³/mol. The highest BCUT2D eigenvalue weighted by molar-refractivity contribution is 5.87. The SMILES string of the molecule is CC(C)[C@H](N)C(=O)NCC(=O)N(C)CC1(N(C)C)CCC1. The predicted octanol–water partition coefficient (Wildman–Crippen LogP) is 0.0286. The maximum absolute atomic E-state index is 12.1. The number of hydrogen-bond acceptors (Lipinski definition) is 4. The average Bonchev–Trinajstić information content (AvgIpc) is 2.37. The molecule has 1 fully saturated rings. The van der Waals surface area contributed by atoms with Gasteiger partial charge in [0.1, 0.15) is 0 Å². The van der Waals surface area contributed by atoms with Gasteiger partial charge < -0.3 is 20.9 Å². The first-order valence-corrected chi connectivity index (χ1v) is 7.64. The zero-order valence-corrected chi connectivity index (χ0v) is 14.0. The summed E-state index contributed by atoms with van der Waals surface area (Å²) < 4.78 is 0. The molecule has 0 bridgehead atoms. The number of nitrogens with two attached hydrogens (primary N) is 1. The van der Waals surface area contributed by atoms with Crippen LogP contribution in [0.3, 0.4) is 0 Å². The number of carbonyl (C=O) groups excluding carboxylic acids is 2. The number of carbonyl (C=O) groups is 2. The fraction of sp³-hybridized carbons (Fsp3) is 0.867. The van der Waals surface area contributed by atoms with Gasteiger partial charge in [0.25, 0.3) is 0 Å². The molecule has 1 saturated carbocycles. The number of likely N-dealkylation sites (N-methyl/N-ethyl adjacent to an activating group) is 2. The Morgan fingerprint density at radius 3 is 2.19 bits per heavy atom. The van der Waals surface area contributed by atoms with Crippen molar-refractivity contribution >= 4 is 11.8 Å². The van der Waals surface area contributed by atoms with E-state index in [-0.39, 0.29) is 29.8 Å². The first kappa shape index (κ1) is 17.9. The van der Waals surface area contributed by atoms with Gasteiger partial charge in [-0.25, -0.2) is 0 Å². The summed E-state index contributed by atoms with van der Waals surface area (Å²) in [4.78, 5) is 27.8. The summed E-state index contributed by atoms with van der Waals surface area (Å²) in [6, 6.07) is -0.567. The van der Waals surface area contributed by atoms with Crippen LogP contribution in [0.4, 0.5) is 0 Å². The second kappa shape index (κ2) is 7.22. The third-order valence-corrected chi connectivity index (χ3v) is 4.63. The van der Waals surface area contributed by atoms with E-state index in [9.17, 15) is 9.59 Å². The molecule has 21 heavy (non-hydrogen) atoms. The minimum atomic E-state index is -0.567. The van der Waals surface area contributed by atoms with E-state index in [1.165, 1.54) is 6.42 Å². The van der Waals surface area contributed by atoms with Crippen molar-refractivity contribution in [3.63, 3.8) is 0 Å². The Kier molecular flexibility index (Phi) is 6.16. The maximum atomic E-state index is 12.1. The van der Waals surface area contributed by atoms with Crippen molar-refractivity contribution in [2.75, 3.05) is 34.2 Å². The van der Waals surface area contributed by atoms with E-state index in [1.807, 2.05) is 13.8 Å². The highest BCUT2D eigenvalue weighted by Crippen LogP contribution is 2.36. The van der Waals surface area contributed by atoms with Gasteiger partial charge in [-0.15, -0.1) is 0 Å². The largest absolute Gasteiger partial charge is 0.346 e. The van der Waals surface area contributed by atoms with Gasteiger partial charge in [0.15, 0.2) is 0 Å². The Morgan fingerprint density at radius 2 is 1.81 bits per heavy atom. The van der Waals surface area contributed by atoms with Crippen molar-refractivity contribution in [2.45, 2.75) is 44.7 Å². The quantitative estimate of drug-likeness (QED) is 0.695. The number of hydrogen-bond donors (Lipinski definition) is 2. The molecule has 6 nitrogen and oxygen atoms in total. The minimum Gasteiger partial charge on any atom is -0.346 e. The molecule has 0 saturated heterocycles. The normalized spacial score (nSPS) is 18.3. The number of nitrogens with one attached hydrogen (secondary N) is 1. The molecule has 0 heterocycles. The minimum absolute atomic E-state index is 0.0132. The highest BCUT2D eigenvalue weighted by Gasteiger charge is 2.40. The summed E-state index contributed by atoms with van der Waals surface area (Å²) in [7, 11) is 5.91. The molecule has 0 aromatic carbocycles. The molecule has 6 heteroatoms. The summed E-state index contributed by atoms with van der Waals surface area (Å²) in [5.74, 6) is -0.282. The van der Waals surface area contributed by atoms with Crippen LogP contribution >= 0.6 is 0 Å². The van der Waals surface area contributed by atoms with Crippen LogP contribution in [0.5, 0.6) is 0 Å². The molecular weight excluding hydrogens is 268 g/mol. The van der Waals surface area contributed by atoms with Crippen LogP contribution in [0.25, 0.3) is 0 Å². The monoisotopic (exact) mass is 298 g/mol. The first-order chi connectivity index (χ1) is 9.69. The molecule has 122 valence electrons. The van der Waals surface area contributed by atoms with Crippen LogP contribution in [0.2, 0.25) is 0 Å². The molecule has 1 aliphatic carbocycles. The van der Waals surface area contributed by atoms with Crippen molar-refractivity contribution in [1.29, 1.82) is 0 Å². The Labute approximate surface area is 128 Å². The third kappa shape index (κ3) is 4.41.